The maximum absolute atomic E-state index is 13.0. The van der Waals surface area contributed by atoms with Crippen LogP contribution in [0.5, 0.6) is 0 Å². The van der Waals surface area contributed by atoms with Gasteiger partial charge in [0.15, 0.2) is 0 Å². The molecule has 1 unspecified atom stereocenters. The number of rotatable bonds is 6. The highest BCUT2D eigenvalue weighted by Crippen LogP contribution is 2.20. The van der Waals surface area contributed by atoms with Crippen LogP contribution >= 0.6 is 0 Å². The van der Waals surface area contributed by atoms with Gasteiger partial charge in [0.2, 0.25) is 10.0 Å². The molecule has 0 aliphatic rings. The molecule has 0 spiro atoms. The first kappa shape index (κ1) is 19.6. The topological polar surface area (TPSA) is 85.0 Å². The van der Waals surface area contributed by atoms with Crippen LogP contribution in [0.4, 0.5) is 0 Å². The molecule has 24 heavy (non-hydrogen) atoms. The van der Waals surface area contributed by atoms with Gasteiger partial charge < -0.3 is 0 Å². The largest absolute Gasteiger partial charge is 0.243 e. The monoisotopic (exact) mass is 343 g/mol. The summed E-state index contributed by atoms with van der Waals surface area (Å²) in [5.41, 5.74) is 1.84. The van der Waals surface area contributed by atoms with Crippen LogP contribution in [0, 0.1) is 29.6 Å². The SMILES string of the molecule is C/C(C#N)=C\CN(C(C)/C=C(\C)C#N)S(=O)(=O)c1ccc(C)cc1. The molecule has 0 aliphatic heterocycles. The van der Waals surface area contributed by atoms with Crippen LogP contribution in [-0.2, 0) is 10.0 Å². The van der Waals surface area contributed by atoms with Gasteiger partial charge in [0, 0.05) is 23.7 Å². The van der Waals surface area contributed by atoms with Crippen LogP contribution in [0.3, 0.4) is 0 Å². The van der Waals surface area contributed by atoms with Gasteiger partial charge in [-0.1, -0.05) is 29.8 Å². The Kier molecular flexibility index (Phi) is 6.91. The van der Waals surface area contributed by atoms with Crippen LogP contribution in [0.2, 0.25) is 0 Å². The lowest BCUT2D eigenvalue weighted by Gasteiger charge is -2.25. The van der Waals surface area contributed by atoms with E-state index in [1.807, 2.05) is 19.1 Å². The number of allylic oxidation sites excluding steroid dienone is 2. The Bertz CT molecular complexity index is 823. The molecule has 0 radical (unpaired) electrons. The second kappa shape index (κ2) is 8.44. The molecule has 0 N–H and O–H groups in total. The van der Waals surface area contributed by atoms with E-state index in [0.29, 0.717) is 11.1 Å². The van der Waals surface area contributed by atoms with E-state index >= 15 is 0 Å². The fourth-order valence-corrected chi connectivity index (χ4v) is 3.60. The maximum atomic E-state index is 13.0. The predicted molar refractivity (Wildman–Crippen MR) is 93.3 cm³/mol. The molecular formula is C18H21N3O2S. The number of hydrogen-bond acceptors (Lipinski definition) is 4. The van der Waals surface area contributed by atoms with E-state index in [9.17, 15) is 8.42 Å². The quantitative estimate of drug-likeness (QED) is 0.742. The van der Waals surface area contributed by atoms with Crippen molar-refractivity contribution in [2.45, 2.75) is 38.6 Å². The maximum Gasteiger partial charge on any atom is 0.243 e. The zero-order valence-electron chi connectivity index (χ0n) is 14.3. The molecule has 0 aliphatic carbocycles. The first-order valence-corrected chi connectivity index (χ1v) is 8.90. The van der Waals surface area contributed by atoms with Gasteiger partial charge in [0.1, 0.15) is 0 Å². The van der Waals surface area contributed by atoms with Crippen molar-refractivity contribution in [2.24, 2.45) is 0 Å². The van der Waals surface area contributed by atoms with Gasteiger partial charge in [0.25, 0.3) is 0 Å². The highest BCUT2D eigenvalue weighted by Gasteiger charge is 2.27. The summed E-state index contributed by atoms with van der Waals surface area (Å²) >= 11 is 0. The minimum Gasteiger partial charge on any atom is -0.207 e. The smallest absolute Gasteiger partial charge is 0.207 e. The summed E-state index contributed by atoms with van der Waals surface area (Å²) in [7, 11) is -3.75. The summed E-state index contributed by atoms with van der Waals surface area (Å²) in [6.07, 6.45) is 3.17. The van der Waals surface area contributed by atoms with E-state index in [1.165, 1.54) is 4.31 Å². The lowest BCUT2D eigenvalue weighted by Crippen LogP contribution is -2.38. The van der Waals surface area contributed by atoms with Gasteiger partial charge >= 0.3 is 0 Å². The van der Waals surface area contributed by atoms with E-state index in [0.717, 1.165) is 5.56 Å². The fourth-order valence-electron chi connectivity index (χ4n) is 2.08. The molecule has 1 rings (SSSR count). The molecule has 0 aromatic heterocycles. The Morgan fingerprint density at radius 2 is 1.71 bits per heavy atom. The van der Waals surface area contributed by atoms with E-state index in [4.69, 9.17) is 10.5 Å². The molecule has 0 bridgehead atoms. The van der Waals surface area contributed by atoms with Crippen LogP contribution in [-0.4, -0.2) is 25.3 Å². The third kappa shape index (κ3) is 5.06. The zero-order chi connectivity index (χ0) is 18.3. The highest BCUT2D eigenvalue weighted by atomic mass is 32.2. The third-order valence-corrected chi connectivity index (χ3v) is 5.47. The summed E-state index contributed by atoms with van der Waals surface area (Å²) in [6.45, 7) is 6.91. The van der Waals surface area contributed by atoms with Gasteiger partial charge in [-0.3, -0.25) is 0 Å². The molecule has 0 fully saturated rings. The summed E-state index contributed by atoms with van der Waals surface area (Å²) in [5.74, 6) is 0. The summed E-state index contributed by atoms with van der Waals surface area (Å²) in [5, 5.41) is 17.8. The molecule has 0 saturated heterocycles. The summed E-state index contributed by atoms with van der Waals surface area (Å²) in [4.78, 5) is 0.186. The van der Waals surface area contributed by atoms with Crippen LogP contribution in [0.1, 0.15) is 26.3 Å². The molecule has 0 saturated carbocycles. The Labute approximate surface area is 144 Å². The zero-order valence-corrected chi connectivity index (χ0v) is 15.1. The molecule has 1 aromatic rings. The number of nitrogens with zero attached hydrogens (tertiary/aromatic N) is 3. The predicted octanol–water partition coefficient (Wildman–Crippen LogP) is 3.31. The lowest BCUT2D eigenvalue weighted by molar-refractivity contribution is 0.406. The Morgan fingerprint density at radius 1 is 1.17 bits per heavy atom. The minimum absolute atomic E-state index is 0.0615. The van der Waals surface area contributed by atoms with E-state index in [-0.39, 0.29) is 11.4 Å². The number of benzene rings is 1. The first-order valence-electron chi connectivity index (χ1n) is 7.46. The van der Waals surface area contributed by atoms with Crippen LogP contribution in [0.25, 0.3) is 0 Å². The van der Waals surface area contributed by atoms with Gasteiger partial charge in [0.05, 0.1) is 17.0 Å². The van der Waals surface area contributed by atoms with Crippen molar-refractivity contribution in [2.75, 3.05) is 6.54 Å². The number of sulfonamides is 1. The number of nitriles is 2. The molecule has 5 nitrogen and oxygen atoms in total. The van der Waals surface area contributed by atoms with Gasteiger partial charge in [-0.2, -0.15) is 14.8 Å². The average molecular weight is 343 g/mol. The molecule has 0 amide bonds. The third-order valence-electron chi connectivity index (χ3n) is 3.50. The first-order chi connectivity index (χ1) is 11.2. The van der Waals surface area contributed by atoms with E-state index < -0.39 is 16.1 Å². The standard InChI is InChI=1S/C18H21N3O2S/c1-14-5-7-18(8-6-14)24(22,23)21(10-9-15(2)12-19)17(4)11-16(3)13-20/h5-9,11,17H,10H2,1-4H3/b15-9+,16-11+. The van der Waals surface area contributed by atoms with Gasteiger partial charge in [-0.25, -0.2) is 8.42 Å². The number of aryl methyl sites for hydroxylation is 1. The normalized spacial score (nSPS) is 14.1. The van der Waals surface area contributed by atoms with Crippen LogP contribution < -0.4 is 0 Å². The van der Waals surface area contributed by atoms with Crippen LogP contribution in [0.15, 0.2) is 52.5 Å². The van der Waals surface area contributed by atoms with E-state index in [2.05, 4.69) is 0 Å². The summed E-state index contributed by atoms with van der Waals surface area (Å²) < 4.78 is 27.2. The van der Waals surface area contributed by atoms with Gasteiger partial charge in [-0.15, -0.1) is 0 Å². The second-order valence-corrected chi connectivity index (χ2v) is 7.48. The summed E-state index contributed by atoms with van der Waals surface area (Å²) in [6, 6.07) is 10.1. The molecule has 126 valence electrons. The Morgan fingerprint density at radius 3 is 2.21 bits per heavy atom. The second-order valence-electron chi connectivity index (χ2n) is 5.59. The van der Waals surface area contributed by atoms with Crippen molar-refractivity contribution in [3.8, 4) is 12.1 Å². The average Bonchev–Trinajstić information content (AvgIpc) is 2.54. The molecular weight excluding hydrogens is 322 g/mol. The van der Waals surface area contributed by atoms with Crippen molar-refractivity contribution >= 4 is 10.0 Å². The molecule has 0 heterocycles. The lowest BCUT2D eigenvalue weighted by atomic mass is 10.2. The minimum atomic E-state index is -3.75. The molecule has 6 heteroatoms. The van der Waals surface area contributed by atoms with Crippen molar-refractivity contribution in [3.63, 3.8) is 0 Å². The van der Waals surface area contributed by atoms with E-state index in [1.54, 1.807) is 57.2 Å². The van der Waals surface area contributed by atoms with Gasteiger partial charge in [-0.05, 0) is 39.8 Å². The fraction of sp³-hybridized carbons (Fsp3) is 0.333. The van der Waals surface area contributed by atoms with Crippen molar-refractivity contribution in [1.29, 1.82) is 10.5 Å². The Balaban J connectivity index is 3.33. The van der Waals surface area contributed by atoms with Crippen molar-refractivity contribution in [3.05, 3.63) is 53.1 Å². The van der Waals surface area contributed by atoms with Crippen molar-refractivity contribution in [1.82, 2.24) is 4.31 Å². The highest BCUT2D eigenvalue weighted by molar-refractivity contribution is 7.89. The number of hydrogen-bond donors (Lipinski definition) is 0. The molecule has 1 aromatic carbocycles. The molecule has 1 atom stereocenters. The Hall–Kier alpha value is -2.41. The van der Waals surface area contributed by atoms with Crippen molar-refractivity contribution < 1.29 is 8.42 Å².